The van der Waals surface area contributed by atoms with E-state index < -0.39 is 5.82 Å². The molecule has 0 atom stereocenters. The summed E-state index contributed by atoms with van der Waals surface area (Å²) in [4.78, 5) is 11.8. The van der Waals surface area contributed by atoms with Crippen molar-refractivity contribution in [1.29, 1.82) is 0 Å². The predicted octanol–water partition coefficient (Wildman–Crippen LogP) is 4.19. The molecule has 0 radical (unpaired) electrons. The highest BCUT2D eigenvalue weighted by Gasteiger charge is 2.07. The highest BCUT2D eigenvalue weighted by molar-refractivity contribution is 6.32. The van der Waals surface area contributed by atoms with Gasteiger partial charge in [-0.3, -0.25) is 4.79 Å². The Kier molecular flexibility index (Phi) is 5.46. The van der Waals surface area contributed by atoms with Gasteiger partial charge in [-0.2, -0.15) is 0 Å². The van der Waals surface area contributed by atoms with E-state index in [-0.39, 0.29) is 17.5 Å². The summed E-state index contributed by atoms with van der Waals surface area (Å²) in [5.74, 6) is -0.319. The van der Waals surface area contributed by atoms with Crippen molar-refractivity contribution in [1.82, 2.24) is 0 Å². The highest BCUT2D eigenvalue weighted by atomic mass is 35.5. The molecule has 2 rings (SSSR count). The molecule has 0 saturated carbocycles. The minimum atomic E-state index is -0.547. The number of hydrogen-bond acceptors (Lipinski definition) is 3. The Morgan fingerprint density at radius 1 is 1.14 bits per heavy atom. The van der Waals surface area contributed by atoms with Gasteiger partial charge in [0.05, 0.1) is 23.7 Å². The molecular formula is C15H13Cl2FN2O2. The van der Waals surface area contributed by atoms with E-state index in [1.54, 1.807) is 24.3 Å². The third-order valence-corrected chi connectivity index (χ3v) is 3.41. The van der Waals surface area contributed by atoms with Crippen LogP contribution >= 0.6 is 23.2 Å². The number of benzene rings is 2. The fourth-order valence-electron chi connectivity index (χ4n) is 1.74. The second kappa shape index (κ2) is 7.33. The Morgan fingerprint density at radius 2 is 1.86 bits per heavy atom. The standard InChI is InChI=1S/C15H13Cl2FN2O2/c1-22-14-5-3-10(6-12(14)17)20-15(21)8-19-9-2-4-11(16)13(18)7-9/h2-7,19H,8H2,1H3,(H,20,21). The maximum absolute atomic E-state index is 13.3. The van der Waals surface area contributed by atoms with Crippen LogP contribution in [-0.2, 0) is 4.79 Å². The lowest BCUT2D eigenvalue weighted by atomic mass is 10.3. The number of carbonyl (C=O) groups is 1. The van der Waals surface area contributed by atoms with Crippen LogP contribution in [0, 0.1) is 5.82 Å². The van der Waals surface area contributed by atoms with Crippen LogP contribution in [0.5, 0.6) is 5.75 Å². The number of halogens is 3. The number of ether oxygens (including phenoxy) is 1. The van der Waals surface area contributed by atoms with Gasteiger partial charge in [-0.15, -0.1) is 0 Å². The average molecular weight is 343 g/mol. The molecule has 0 spiro atoms. The molecule has 0 aliphatic heterocycles. The summed E-state index contributed by atoms with van der Waals surface area (Å²) in [5, 5.41) is 5.90. The molecule has 0 aromatic heterocycles. The molecule has 0 aliphatic carbocycles. The highest BCUT2D eigenvalue weighted by Crippen LogP contribution is 2.27. The first-order valence-corrected chi connectivity index (χ1v) is 7.07. The molecule has 116 valence electrons. The lowest BCUT2D eigenvalue weighted by Gasteiger charge is -2.09. The van der Waals surface area contributed by atoms with Crippen LogP contribution in [0.25, 0.3) is 0 Å². The third kappa shape index (κ3) is 4.26. The quantitative estimate of drug-likeness (QED) is 0.856. The number of hydrogen-bond donors (Lipinski definition) is 2. The zero-order chi connectivity index (χ0) is 16.1. The van der Waals surface area contributed by atoms with Crippen LogP contribution in [-0.4, -0.2) is 19.6 Å². The van der Waals surface area contributed by atoms with Crippen LogP contribution in [0.1, 0.15) is 0 Å². The van der Waals surface area contributed by atoms with Gasteiger partial charge < -0.3 is 15.4 Å². The third-order valence-electron chi connectivity index (χ3n) is 2.81. The zero-order valence-corrected chi connectivity index (χ0v) is 13.1. The van der Waals surface area contributed by atoms with Crippen molar-refractivity contribution < 1.29 is 13.9 Å². The maximum atomic E-state index is 13.3. The summed E-state index contributed by atoms with van der Waals surface area (Å²) in [6.45, 7) is -0.0231. The molecule has 0 bridgehead atoms. The predicted molar refractivity (Wildman–Crippen MR) is 86.5 cm³/mol. The van der Waals surface area contributed by atoms with E-state index in [2.05, 4.69) is 10.6 Å². The maximum Gasteiger partial charge on any atom is 0.243 e. The molecule has 2 N–H and O–H groups in total. The Balaban J connectivity index is 1.92. The SMILES string of the molecule is COc1ccc(NC(=O)CNc2ccc(Cl)c(F)c2)cc1Cl. The topological polar surface area (TPSA) is 50.4 Å². The van der Waals surface area contributed by atoms with Crippen molar-refractivity contribution in [2.45, 2.75) is 0 Å². The number of carbonyl (C=O) groups excluding carboxylic acids is 1. The molecule has 0 aliphatic rings. The monoisotopic (exact) mass is 342 g/mol. The second-order valence-corrected chi connectivity index (χ2v) is 5.19. The first-order valence-electron chi connectivity index (χ1n) is 6.32. The van der Waals surface area contributed by atoms with Crippen molar-refractivity contribution in [3.63, 3.8) is 0 Å². The molecular weight excluding hydrogens is 330 g/mol. The molecule has 2 aromatic carbocycles. The number of anilines is 2. The summed E-state index contributed by atoms with van der Waals surface area (Å²) in [6, 6.07) is 9.13. The Labute approximate surface area is 137 Å². The number of methoxy groups -OCH3 is 1. The zero-order valence-electron chi connectivity index (χ0n) is 11.6. The summed E-state index contributed by atoms with van der Waals surface area (Å²) in [6.07, 6.45) is 0. The molecule has 4 nitrogen and oxygen atoms in total. The van der Waals surface area contributed by atoms with Gasteiger partial charge in [0.15, 0.2) is 0 Å². The number of nitrogens with one attached hydrogen (secondary N) is 2. The lowest BCUT2D eigenvalue weighted by molar-refractivity contribution is -0.114. The first-order chi connectivity index (χ1) is 10.5. The number of rotatable bonds is 5. The van der Waals surface area contributed by atoms with Crippen LogP contribution < -0.4 is 15.4 Å². The van der Waals surface area contributed by atoms with Gasteiger partial charge in [0.2, 0.25) is 5.91 Å². The van der Waals surface area contributed by atoms with Gasteiger partial charge in [-0.1, -0.05) is 23.2 Å². The van der Waals surface area contributed by atoms with Gasteiger partial charge >= 0.3 is 0 Å². The Morgan fingerprint density at radius 3 is 2.50 bits per heavy atom. The number of amides is 1. The van der Waals surface area contributed by atoms with Crippen molar-refractivity contribution in [3.05, 3.63) is 52.3 Å². The molecule has 0 fully saturated rings. The van der Waals surface area contributed by atoms with Gasteiger partial charge in [-0.25, -0.2) is 4.39 Å². The average Bonchev–Trinajstić information content (AvgIpc) is 2.49. The Hall–Kier alpha value is -1.98. The van der Waals surface area contributed by atoms with E-state index in [9.17, 15) is 9.18 Å². The van der Waals surface area contributed by atoms with Crippen LogP contribution in [0.4, 0.5) is 15.8 Å². The molecule has 0 heterocycles. The fraction of sp³-hybridized carbons (Fsp3) is 0.133. The van der Waals surface area contributed by atoms with E-state index in [0.29, 0.717) is 22.1 Å². The molecule has 0 unspecified atom stereocenters. The minimum absolute atomic E-state index is 0.0231. The van der Waals surface area contributed by atoms with E-state index in [1.807, 2.05) is 0 Å². The largest absolute Gasteiger partial charge is 0.495 e. The molecule has 7 heteroatoms. The normalized spacial score (nSPS) is 10.2. The second-order valence-electron chi connectivity index (χ2n) is 4.38. The van der Waals surface area contributed by atoms with Gasteiger partial charge in [0.1, 0.15) is 11.6 Å². The summed E-state index contributed by atoms with van der Waals surface area (Å²) in [7, 11) is 1.51. The van der Waals surface area contributed by atoms with Crippen molar-refractivity contribution >= 4 is 40.5 Å². The van der Waals surface area contributed by atoms with Gasteiger partial charge in [-0.05, 0) is 36.4 Å². The van der Waals surface area contributed by atoms with E-state index in [4.69, 9.17) is 27.9 Å². The summed E-state index contributed by atoms with van der Waals surface area (Å²) < 4.78 is 18.3. The van der Waals surface area contributed by atoms with E-state index in [1.165, 1.54) is 19.2 Å². The van der Waals surface area contributed by atoms with Crippen molar-refractivity contribution in [3.8, 4) is 5.75 Å². The molecule has 2 aromatic rings. The van der Waals surface area contributed by atoms with E-state index in [0.717, 1.165) is 0 Å². The van der Waals surface area contributed by atoms with Gasteiger partial charge in [0, 0.05) is 11.4 Å². The van der Waals surface area contributed by atoms with Crippen molar-refractivity contribution in [2.24, 2.45) is 0 Å². The van der Waals surface area contributed by atoms with Crippen molar-refractivity contribution in [2.75, 3.05) is 24.3 Å². The van der Waals surface area contributed by atoms with Crippen LogP contribution in [0.15, 0.2) is 36.4 Å². The minimum Gasteiger partial charge on any atom is -0.495 e. The van der Waals surface area contributed by atoms with E-state index >= 15 is 0 Å². The molecule has 0 saturated heterocycles. The molecule has 1 amide bonds. The molecule has 22 heavy (non-hydrogen) atoms. The smallest absolute Gasteiger partial charge is 0.243 e. The lowest BCUT2D eigenvalue weighted by Crippen LogP contribution is -2.21. The van der Waals surface area contributed by atoms with Crippen LogP contribution in [0.2, 0.25) is 10.0 Å². The Bertz CT molecular complexity index is 695. The summed E-state index contributed by atoms with van der Waals surface area (Å²) >= 11 is 11.6. The first kappa shape index (κ1) is 16.4. The van der Waals surface area contributed by atoms with Crippen LogP contribution in [0.3, 0.4) is 0 Å². The van der Waals surface area contributed by atoms with Gasteiger partial charge in [0.25, 0.3) is 0 Å². The fourth-order valence-corrected chi connectivity index (χ4v) is 2.11. The summed E-state index contributed by atoms with van der Waals surface area (Å²) in [5.41, 5.74) is 1.00.